The summed E-state index contributed by atoms with van der Waals surface area (Å²) in [6.07, 6.45) is 0.190. The molecule has 1 atom stereocenters. The van der Waals surface area contributed by atoms with Gasteiger partial charge in [0, 0.05) is 11.0 Å². The van der Waals surface area contributed by atoms with Gasteiger partial charge in [0.05, 0.1) is 0 Å². The molecule has 0 fully saturated rings. The molecular weight excluding hydrogens is 289 g/mol. The third-order valence-electron chi connectivity index (χ3n) is 2.32. The van der Waals surface area contributed by atoms with Gasteiger partial charge in [-0.3, -0.25) is 4.79 Å². The molecule has 17 heavy (non-hydrogen) atoms. The lowest BCUT2D eigenvalue weighted by Crippen LogP contribution is -2.33. The number of benzene rings is 1. The zero-order valence-electron chi connectivity index (χ0n) is 9.54. The van der Waals surface area contributed by atoms with Crippen molar-refractivity contribution in [2.75, 3.05) is 6.54 Å². The smallest absolute Gasteiger partial charge is 0.248 e. The van der Waals surface area contributed by atoms with Crippen molar-refractivity contribution in [1.29, 1.82) is 0 Å². The van der Waals surface area contributed by atoms with E-state index < -0.39 is 12.0 Å². The summed E-state index contributed by atoms with van der Waals surface area (Å²) in [5, 5.41) is 11.5. The van der Waals surface area contributed by atoms with Crippen molar-refractivity contribution in [3.63, 3.8) is 0 Å². The van der Waals surface area contributed by atoms with E-state index in [1.54, 1.807) is 12.1 Å². The predicted octanol–water partition coefficient (Wildman–Crippen LogP) is 2.02. The van der Waals surface area contributed by atoms with E-state index in [2.05, 4.69) is 21.2 Å². The number of nitrogens with one attached hydrogen (secondary N) is 1. The van der Waals surface area contributed by atoms with Gasteiger partial charge in [-0.15, -0.1) is 0 Å². The molecule has 1 rings (SSSR count). The normalized spacial score (nSPS) is 12.2. The number of aliphatic hydroxyl groups excluding tert-OH is 1. The number of hydrogen-bond acceptors (Lipinski definition) is 2. The summed E-state index contributed by atoms with van der Waals surface area (Å²) in [7, 11) is 0. The van der Waals surface area contributed by atoms with Gasteiger partial charge >= 0.3 is 0 Å². The van der Waals surface area contributed by atoms with Crippen LogP contribution >= 0.6 is 15.9 Å². The minimum Gasteiger partial charge on any atom is -0.384 e. The molecule has 5 heteroatoms. The molecule has 0 heterocycles. The SMILES string of the molecule is CC(O)C(=O)NCCCc1ccc(Br)cc1F. The van der Waals surface area contributed by atoms with Crippen molar-refractivity contribution >= 4 is 21.8 Å². The van der Waals surface area contributed by atoms with Gasteiger partial charge in [0.1, 0.15) is 11.9 Å². The molecule has 0 aliphatic rings. The number of halogens is 2. The molecule has 3 nitrogen and oxygen atoms in total. The largest absolute Gasteiger partial charge is 0.384 e. The monoisotopic (exact) mass is 303 g/mol. The summed E-state index contributed by atoms with van der Waals surface area (Å²) in [6.45, 7) is 1.84. The summed E-state index contributed by atoms with van der Waals surface area (Å²) in [5.41, 5.74) is 0.625. The van der Waals surface area contributed by atoms with Crippen LogP contribution in [-0.2, 0) is 11.2 Å². The molecule has 0 radical (unpaired) electrons. The summed E-state index contributed by atoms with van der Waals surface area (Å²) < 4.78 is 14.1. The molecule has 1 aromatic rings. The van der Waals surface area contributed by atoms with Crippen LogP contribution in [0.15, 0.2) is 22.7 Å². The molecule has 0 bridgehead atoms. The third-order valence-corrected chi connectivity index (χ3v) is 2.81. The quantitative estimate of drug-likeness (QED) is 0.818. The second-order valence-corrected chi connectivity index (χ2v) is 4.72. The van der Waals surface area contributed by atoms with Crippen LogP contribution < -0.4 is 5.32 Å². The Balaban J connectivity index is 2.34. The minimum absolute atomic E-state index is 0.249. The Labute approximate surface area is 108 Å². The Bertz CT molecular complexity index is 396. The first-order chi connectivity index (χ1) is 8.00. The lowest BCUT2D eigenvalue weighted by atomic mass is 10.1. The van der Waals surface area contributed by atoms with Crippen molar-refractivity contribution in [1.82, 2.24) is 5.32 Å². The maximum absolute atomic E-state index is 13.4. The molecule has 0 aliphatic heterocycles. The molecule has 0 saturated carbocycles. The molecule has 1 aromatic carbocycles. The van der Waals surface area contributed by atoms with Crippen LogP contribution in [0, 0.1) is 5.82 Å². The topological polar surface area (TPSA) is 49.3 Å². The molecule has 2 N–H and O–H groups in total. The standard InChI is InChI=1S/C12H15BrFNO2/c1-8(16)12(17)15-6-2-3-9-4-5-10(13)7-11(9)14/h4-5,7-8,16H,2-3,6H2,1H3,(H,15,17). The third kappa shape index (κ3) is 4.83. The fourth-order valence-electron chi connectivity index (χ4n) is 1.36. The van der Waals surface area contributed by atoms with Crippen LogP contribution in [0.3, 0.4) is 0 Å². The van der Waals surface area contributed by atoms with E-state index in [0.29, 0.717) is 29.4 Å². The molecule has 94 valence electrons. The average Bonchev–Trinajstić information content (AvgIpc) is 2.26. The first-order valence-electron chi connectivity index (χ1n) is 5.40. The maximum Gasteiger partial charge on any atom is 0.248 e. The summed E-state index contributed by atoms with van der Waals surface area (Å²) in [5.74, 6) is -0.650. The number of carbonyl (C=O) groups is 1. The highest BCUT2D eigenvalue weighted by Gasteiger charge is 2.07. The fourth-order valence-corrected chi connectivity index (χ4v) is 1.70. The fraction of sp³-hybridized carbons (Fsp3) is 0.417. The molecule has 0 aromatic heterocycles. The van der Waals surface area contributed by atoms with E-state index in [4.69, 9.17) is 5.11 Å². The Morgan fingerprint density at radius 1 is 1.59 bits per heavy atom. The number of hydrogen-bond donors (Lipinski definition) is 2. The zero-order valence-corrected chi connectivity index (χ0v) is 11.1. The Morgan fingerprint density at radius 3 is 2.88 bits per heavy atom. The van der Waals surface area contributed by atoms with Crippen LogP contribution in [-0.4, -0.2) is 23.7 Å². The summed E-state index contributed by atoms with van der Waals surface area (Å²) in [6, 6.07) is 4.92. The van der Waals surface area contributed by atoms with Crippen LogP contribution in [0.1, 0.15) is 18.9 Å². The van der Waals surface area contributed by atoms with E-state index in [1.165, 1.54) is 13.0 Å². The van der Waals surface area contributed by atoms with Gasteiger partial charge in [0.2, 0.25) is 5.91 Å². The number of aliphatic hydroxyl groups is 1. The number of aryl methyl sites for hydroxylation is 1. The van der Waals surface area contributed by atoms with Gasteiger partial charge in [0.25, 0.3) is 0 Å². The van der Waals surface area contributed by atoms with Gasteiger partial charge in [0.15, 0.2) is 0 Å². The van der Waals surface area contributed by atoms with Crippen molar-refractivity contribution in [3.05, 3.63) is 34.1 Å². The van der Waals surface area contributed by atoms with Crippen molar-refractivity contribution in [3.8, 4) is 0 Å². The number of carbonyl (C=O) groups excluding carboxylic acids is 1. The number of rotatable bonds is 5. The average molecular weight is 304 g/mol. The van der Waals surface area contributed by atoms with Gasteiger partial charge in [-0.05, 0) is 37.5 Å². The second kappa shape index (κ2) is 6.71. The summed E-state index contributed by atoms with van der Waals surface area (Å²) >= 11 is 3.19. The Hall–Kier alpha value is -0.940. The maximum atomic E-state index is 13.4. The second-order valence-electron chi connectivity index (χ2n) is 3.81. The van der Waals surface area contributed by atoms with E-state index in [9.17, 15) is 9.18 Å². The Morgan fingerprint density at radius 2 is 2.29 bits per heavy atom. The van der Waals surface area contributed by atoms with Crippen LogP contribution in [0.4, 0.5) is 4.39 Å². The molecular formula is C12H15BrFNO2. The van der Waals surface area contributed by atoms with E-state index >= 15 is 0 Å². The first-order valence-corrected chi connectivity index (χ1v) is 6.19. The van der Waals surface area contributed by atoms with Crippen molar-refractivity contribution < 1.29 is 14.3 Å². The van der Waals surface area contributed by atoms with E-state index in [0.717, 1.165) is 0 Å². The minimum atomic E-state index is -1.00. The van der Waals surface area contributed by atoms with Gasteiger partial charge < -0.3 is 10.4 Å². The van der Waals surface area contributed by atoms with Crippen LogP contribution in [0.2, 0.25) is 0 Å². The first kappa shape index (κ1) is 14.1. The van der Waals surface area contributed by atoms with Crippen molar-refractivity contribution in [2.45, 2.75) is 25.9 Å². The highest BCUT2D eigenvalue weighted by atomic mass is 79.9. The highest BCUT2D eigenvalue weighted by molar-refractivity contribution is 9.10. The van der Waals surface area contributed by atoms with Crippen LogP contribution in [0.5, 0.6) is 0 Å². The summed E-state index contributed by atoms with van der Waals surface area (Å²) in [4.78, 5) is 11.0. The molecule has 1 amide bonds. The molecule has 0 spiro atoms. The Kier molecular flexibility index (Phi) is 5.58. The molecule has 0 saturated heterocycles. The zero-order chi connectivity index (χ0) is 12.8. The number of amides is 1. The van der Waals surface area contributed by atoms with Gasteiger partial charge in [-0.1, -0.05) is 22.0 Å². The predicted molar refractivity (Wildman–Crippen MR) is 67.1 cm³/mol. The van der Waals surface area contributed by atoms with Gasteiger partial charge in [-0.25, -0.2) is 4.39 Å². The lowest BCUT2D eigenvalue weighted by Gasteiger charge is -2.07. The van der Waals surface area contributed by atoms with E-state index in [1.807, 2.05) is 0 Å². The lowest BCUT2D eigenvalue weighted by molar-refractivity contribution is -0.128. The van der Waals surface area contributed by atoms with Crippen LogP contribution in [0.25, 0.3) is 0 Å². The van der Waals surface area contributed by atoms with Gasteiger partial charge in [-0.2, -0.15) is 0 Å². The molecule has 0 aliphatic carbocycles. The molecule has 1 unspecified atom stereocenters. The van der Waals surface area contributed by atoms with E-state index in [-0.39, 0.29) is 5.82 Å². The highest BCUT2D eigenvalue weighted by Crippen LogP contribution is 2.16. The van der Waals surface area contributed by atoms with Crippen molar-refractivity contribution in [2.24, 2.45) is 0 Å².